The van der Waals surface area contributed by atoms with E-state index in [1.165, 1.54) is 44.9 Å². The van der Waals surface area contributed by atoms with Crippen LogP contribution in [0.2, 0.25) is 0 Å². The number of carbonyl (C=O) groups excluding carboxylic acids is 1. The molecule has 20 heavy (non-hydrogen) atoms. The molecule has 0 aromatic rings. The fourth-order valence-electron chi connectivity index (χ4n) is 3.28. The van der Waals surface area contributed by atoms with Gasteiger partial charge >= 0.3 is 5.97 Å². The molecule has 0 aromatic carbocycles. The molecule has 0 heterocycles. The lowest BCUT2D eigenvalue weighted by Gasteiger charge is -2.36. The summed E-state index contributed by atoms with van der Waals surface area (Å²) in [6.07, 6.45) is 11.9. The highest BCUT2D eigenvalue weighted by molar-refractivity contribution is 5.87. The first-order valence-electron chi connectivity index (χ1n) is 8.34. The lowest BCUT2D eigenvalue weighted by atomic mass is 9.82. The standard InChI is InChI=1S/C18H32O2/c1-15(2)14-18(20-17(19)16(3)4)12-10-8-6-5-7-9-11-13-18/h15H,3,5-14H2,1-2,4H3. The van der Waals surface area contributed by atoms with Crippen LogP contribution in [-0.4, -0.2) is 11.6 Å². The van der Waals surface area contributed by atoms with Crippen molar-refractivity contribution in [2.45, 2.75) is 90.6 Å². The molecule has 0 amide bonds. The second-order valence-electron chi connectivity index (χ2n) is 6.93. The third kappa shape index (κ3) is 6.11. The van der Waals surface area contributed by atoms with Crippen molar-refractivity contribution in [3.05, 3.63) is 12.2 Å². The first-order chi connectivity index (χ1) is 9.45. The van der Waals surface area contributed by atoms with E-state index in [1.807, 2.05) is 0 Å². The van der Waals surface area contributed by atoms with Gasteiger partial charge in [0.05, 0.1) is 0 Å². The second kappa shape index (κ2) is 8.49. The Kier molecular flexibility index (Phi) is 7.32. The van der Waals surface area contributed by atoms with Gasteiger partial charge in [-0.3, -0.25) is 0 Å². The normalized spacial score (nSPS) is 20.4. The van der Waals surface area contributed by atoms with Crippen LogP contribution in [0, 0.1) is 5.92 Å². The third-order valence-corrected chi connectivity index (χ3v) is 4.20. The van der Waals surface area contributed by atoms with Crippen molar-refractivity contribution in [3.63, 3.8) is 0 Å². The molecule has 0 atom stereocenters. The van der Waals surface area contributed by atoms with Crippen molar-refractivity contribution in [2.24, 2.45) is 5.92 Å². The smallest absolute Gasteiger partial charge is 0.333 e. The predicted molar refractivity (Wildman–Crippen MR) is 84.6 cm³/mol. The van der Waals surface area contributed by atoms with Crippen LogP contribution in [0.4, 0.5) is 0 Å². The van der Waals surface area contributed by atoms with Crippen molar-refractivity contribution in [3.8, 4) is 0 Å². The maximum Gasteiger partial charge on any atom is 0.333 e. The molecule has 0 unspecified atom stereocenters. The summed E-state index contributed by atoms with van der Waals surface area (Å²) in [5, 5.41) is 0. The molecule has 1 rings (SSSR count). The number of ether oxygens (including phenoxy) is 1. The van der Waals surface area contributed by atoms with Crippen molar-refractivity contribution >= 4 is 5.97 Å². The fourth-order valence-corrected chi connectivity index (χ4v) is 3.28. The summed E-state index contributed by atoms with van der Waals surface area (Å²) >= 11 is 0. The summed E-state index contributed by atoms with van der Waals surface area (Å²) < 4.78 is 5.94. The van der Waals surface area contributed by atoms with E-state index in [4.69, 9.17) is 4.74 Å². The molecule has 0 bridgehead atoms. The van der Waals surface area contributed by atoms with E-state index < -0.39 is 0 Å². The zero-order chi connectivity index (χ0) is 15.0. The van der Waals surface area contributed by atoms with Crippen molar-refractivity contribution < 1.29 is 9.53 Å². The highest BCUT2D eigenvalue weighted by Crippen LogP contribution is 2.35. The number of carbonyl (C=O) groups is 1. The summed E-state index contributed by atoms with van der Waals surface area (Å²) in [6, 6.07) is 0. The highest BCUT2D eigenvalue weighted by atomic mass is 16.6. The van der Waals surface area contributed by atoms with Gasteiger partial charge < -0.3 is 4.74 Å². The molecule has 116 valence electrons. The SMILES string of the molecule is C=C(C)C(=O)OC1(CC(C)C)CCCCCCCCC1. The lowest BCUT2D eigenvalue weighted by Crippen LogP contribution is -2.37. The van der Waals surface area contributed by atoms with Crippen LogP contribution in [0.15, 0.2) is 12.2 Å². The predicted octanol–water partition coefficient (Wildman–Crippen LogP) is 5.42. The number of esters is 1. The Hall–Kier alpha value is -0.790. The first kappa shape index (κ1) is 17.3. The Morgan fingerprint density at radius 2 is 1.50 bits per heavy atom. The van der Waals surface area contributed by atoms with Crippen LogP contribution in [-0.2, 0) is 9.53 Å². The Balaban J connectivity index is 2.79. The topological polar surface area (TPSA) is 26.3 Å². The van der Waals surface area contributed by atoms with E-state index in [2.05, 4.69) is 20.4 Å². The minimum atomic E-state index is -0.248. The fraction of sp³-hybridized carbons (Fsp3) is 0.833. The van der Waals surface area contributed by atoms with Gasteiger partial charge in [-0.05, 0) is 44.9 Å². The summed E-state index contributed by atoms with van der Waals surface area (Å²) in [5.74, 6) is 0.346. The van der Waals surface area contributed by atoms with Gasteiger partial charge in [0, 0.05) is 5.57 Å². The maximum absolute atomic E-state index is 12.0. The van der Waals surface area contributed by atoms with E-state index >= 15 is 0 Å². The first-order valence-corrected chi connectivity index (χ1v) is 8.34. The summed E-state index contributed by atoms with van der Waals surface area (Å²) in [7, 11) is 0. The third-order valence-electron chi connectivity index (χ3n) is 4.20. The van der Waals surface area contributed by atoms with Gasteiger partial charge in [-0.1, -0.05) is 52.5 Å². The van der Waals surface area contributed by atoms with E-state index in [0.717, 1.165) is 19.3 Å². The van der Waals surface area contributed by atoms with E-state index in [0.29, 0.717) is 11.5 Å². The second-order valence-corrected chi connectivity index (χ2v) is 6.93. The zero-order valence-electron chi connectivity index (χ0n) is 13.7. The van der Waals surface area contributed by atoms with Crippen LogP contribution in [0.3, 0.4) is 0 Å². The van der Waals surface area contributed by atoms with E-state index in [1.54, 1.807) is 6.92 Å². The van der Waals surface area contributed by atoms with Crippen LogP contribution in [0.5, 0.6) is 0 Å². The van der Waals surface area contributed by atoms with Gasteiger partial charge in [0.25, 0.3) is 0 Å². The van der Waals surface area contributed by atoms with Gasteiger partial charge in [-0.25, -0.2) is 4.79 Å². The molecule has 2 heteroatoms. The molecular weight excluding hydrogens is 248 g/mol. The Bertz CT molecular complexity index is 307. The highest BCUT2D eigenvalue weighted by Gasteiger charge is 2.34. The Morgan fingerprint density at radius 3 is 1.90 bits per heavy atom. The molecule has 2 nitrogen and oxygen atoms in total. The molecule has 1 aliphatic carbocycles. The van der Waals surface area contributed by atoms with Gasteiger partial charge in [0.2, 0.25) is 0 Å². The van der Waals surface area contributed by atoms with Crippen LogP contribution >= 0.6 is 0 Å². The summed E-state index contributed by atoms with van der Waals surface area (Å²) in [5.41, 5.74) is 0.270. The van der Waals surface area contributed by atoms with Gasteiger partial charge in [-0.15, -0.1) is 0 Å². The Morgan fingerprint density at radius 1 is 1.05 bits per heavy atom. The summed E-state index contributed by atoms with van der Waals surface area (Å²) in [6.45, 7) is 9.91. The minimum absolute atomic E-state index is 0.206. The average Bonchev–Trinajstić information content (AvgIpc) is 2.36. The number of hydrogen-bond acceptors (Lipinski definition) is 2. The number of hydrogen-bond donors (Lipinski definition) is 0. The van der Waals surface area contributed by atoms with Gasteiger partial charge in [-0.2, -0.15) is 0 Å². The lowest BCUT2D eigenvalue weighted by molar-refractivity contribution is -0.159. The molecule has 0 spiro atoms. The average molecular weight is 280 g/mol. The molecule has 0 aliphatic heterocycles. The quantitative estimate of drug-likeness (QED) is 0.508. The molecular formula is C18H32O2. The van der Waals surface area contributed by atoms with Crippen LogP contribution in [0.25, 0.3) is 0 Å². The summed E-state index contributed by atoms with van der Waals surface area (Å²) in [4.78, 5) is 12.0. The minimum Gasteiger partial charge on any atom is -0.456 e. The van der Waals surface area contributed by atoms with Crippen molar-refractivity contribution in [1.82, 2.24) is 0 Å². The molecule has 1 fully saturated rings. The van der Waals surface area contributed by atoms with Crippen molar-refractivity contribution in [1.29, 1.82) is 0 Å². The van der Waals surface area contributed by atoms with E-state index in [-0.39, 0.29) is 11.6 Å². The molecule has 0 radical (unpaired) electrons. The monoisotopic (exact) mass is 280 g/mol. The number of rotatable bonds is 4. The van der Waals surface area contributed by atoms with Crippen molar-refractivity contribution in [2.75, 3.05) is 0 Å². The maximum atomic E-state index is 12.0. The largest absolute Gasteiger partial charge is 0.456 e. The molecule has 0 N–H and O–H groups in total. The van der Waals surface area contributed by atoms with Crippen LogP contribution in [0.1, 0.15) is 85.0 Å². The molecule has 1 aliphatic rings. The van der Waals surface area contributed by atoms with Crippen LogP contribution < -0.4 is 0 Å². The Labute approximate surface area is 125 Å². The molecule has 0 aromatic heterocycles. The molecule has 0 saturated heterocycles. The van der Waals surface area contributed by atoms with E-state index in [9.17, 15) is 4.79 Å². The molecule has 1 saturated carbocycles. The van der Waals surface area contributed by atoms with Gasteiger partial charge in [0.1, 0.15) is 5.60 Å². The zero-order valence-corrected chi connectivity index (χ0v) is 13.7. The van der Waals surface area contributed by atoms with Gasteiger partial charge in [0.15, 0.2) is 0 Å².